The number of hydrogen-bond acceptors (Lipinski definition) is 9. The summed E-state index contributed by atoms with van der Waals surface area (Å²) in [6.45, 7) is 3.94. The van der Waals surface area contributed by atoms with E-state index in [0.29, 0.717) is 6.42 Å². The molecule has 6 atom stereocenters. The Hall–Kier alpha value is -4.28. The predicted octanol–water partition coefficient (Wildman–Crippen LogP) is -4.86. The topological polar surface area (TPSA) is 286 Å². The van der Waals surface area contributed by atoms with Gasteiger partial charge in [0.1, 0.15) is 30.2 Å². The lowest BCUT2D eigenvalue weighted by Crippen LogP contribution is -2.59. The Morgan fingerprint density at radius 3 is 1.85 bits per heavy atom. The number of nitrogens with one attached hydrogen (secondary N) is 4. The van der Waals surface area contributed by atoms with E-state index in [1.165, 1.54) is 20.8 Å². The Labute approximate surface area is 223 Å². The molecule has 17 nitrogen and oxygen atoms in total. The van der Waals surface area contributed by atoms with Crippen molar-refractivity contribution in [2.45, 2.75) is 82.7 Å². The summed E-state index contributed by atoms with van der Waals surface area (Å²) in [6.07, 6.45) is -0.652. The Bertz CT molecular complexity index is 1000. The second kappa shape index (κ2) is 14.6. The number of likely N-dealkylation sites (tertiary alicyclic amines) is 1. The highest BCUT2D eigenvalue weighted by Crippen LogP contribution is 2.20. The predicted molar refractivity (Wildman–Crippen MR) is 133 cm³/mol. The number of hydrogen-bond donors (Lipinski definition) is 8. The van der Waals surface area contributed by atoms with Crippen molar-refractivity contribution in [3.63, 3.8) is 0 Å². The monoisotopic (exact) mass is 556 g/mol. The standard InChI is InChI=1S/C22H36N8O9/c1-9(23)17(33)29-13(8-16(25)32)21(37)30-6-4-5-14(30)20(36)28-12(7-15(24)31)19(35)26-10(2)18(34)27-11(3)22(38)39/h9-14H,4-8,23H2,1-3H3,(H2,24,31)(H2,25,32)(H,26,35)(H,27,34)(H,28,36)(H,29,33)(H,38,39)/t9-,10-,11-,12-,13-,14-/m0/s1. The second-order valence-electron chi connectivity index (χ2n) is 9.24. The Morgan fingerprint density at radius 2 is 1.33 bits per heavy atom. The number of rotatable bonds is 14. The van der Waals surface area contributed by atoms with Gasteiger partial charge in [-0.3, -0.25) is 38.4 Å². The molecule has 1 aliphatic rings. The van der Waals surface area contributed by atoms with Gasteiger partial charge in [0.15, 0.2) is 0 Å². The van der Waals surface area contributed by atoms with Crippen molar-refractivity contribution in [2.24, 2.45) is 17.2 Å². The number of carboxylic acids is 1. The number of primary amides is 2. The van der Waals surface area contributed by atoms with Crippen LogP contribution in [0.4, 0.5) is 0 Å². The van der Waals surface area contributed by atoms with Crippen molar-refractivity contribution in [3.05, 3.63) is 0 Å². The molecule has 0 bridgehead atoms. The number of nitrogens with zero attached hydrogens (tertiary/aromatic N) is 1. The zero-order valence-corrected chi connectivity index (χ0v) is 21.9. The van der Waals surface area contributed by atoms with Crippen LogP contribution in [0.1, 0.15) is 46.5 Å². The van der Waals surface area contributed by atoms with Crippen LogP contribution < -0.4 is 38.5 Å². The highest BCUT2D eigenvalue weighted by Gasteiger charge is 2.40. The number of amides is 7. The van der Waals surface area contributed by atoms with E-state index in [-0.39, 0.29) is 13.0 Å². The third kappa shape index (κ3) is 10.2. The Morgan fingerprint density at radius 1 is 0.795 bits per heavy atom. The van der Waals surface area contributed by atoms with Crippen LogP contribution in [0.5, 0.6) is 0 Å². The maximum Gasteiger partial charge on any atom is 0.325 e. The van der Waals surface area contributed by atoms with Gasteiger partial charge in [0.05, 0.1) is 18.9 Å². The van der Waals surface area contributed by atoms with Gasteiger partial charge in [-0.05, 0) is 33.6 Å². The van der Waals surface area contributed by atoms with Crippen LogP contribution in [0.25, 0.3) is 0 Å². The van der Waals surface area contributed by atoms with Gasteiger partial charge in [0.25, 0.3) is 0 Å². The van der Waals surface area contributed by atoms with Gasteiger partial charge in [-0.2, -0.15) is 0 Å². The fraction of sp³-hybridized carbons (Fsp3) is 0.636. The van der Waals surface area contributed by atoms with Crippen molar-refractivity contribution in [2.75, 3.05) is 6.54 Å². The number of aliphatic carboxylic acids is 1. The molecule has 0 spiro atoms. The molecule has 1 saturated heterocycles. The molecule has 1 rings (SSSR count). The molecule has 7 amide bonds. The van der Waals surface area contributed by atoms with Crippen molar-refractivity contribution < 1.29 is 43.5 Å². The summed E-state index contributed by atoms with van der Waals surface area (Å²) < 4.78 is 0. The van der Waals surface area contributed by atoms with Crippen LogP contribution in [0, 0.1) is 0 Å². The molecule has 0 unspecified atom stereocenters. The first kappa shape index (κ1) is 32.7. The average molecular weight is 557 g/mol. The van der Waals surface area contributed by atoms with Gasteiger partial charge in [0.2, 0.25) is 41.4 Å². The number of carbonyl (C=O) groups excluding carboxylic acids is 7. The summed E-state index contributed by atoms with van der Waals surface area (Å²) in [5.74, 6) is -7.23. The van der Waals surface area contributed by atoms with Gasteiger partial charge >= 0.3 is 5.97 Å². The molecule has 0 aromatic heterocycles. The van der Waals surface area contributed by atoms with Gasteiger partial charge in [0, 0.05) is 6.54 Å². The van der Waals surface area contributed by atoms with Gasteiger partial charge in [-0.1, -0.05) is 0 Å². The number of nitrogens with two attached hydrogens (primary N) is 3. The molecule has 0 aromatic carbocycles. The molecular weight excluding hydrogens is 520 g/mol. The van der Waals surface area contributed by atoms with Gasteiger partial charge < -0.3 is 48.5 Å². The summed E-state index contributed by atoms with van der Waals surface area (Å²) >= 11 is 0. The molecule has 0 radical (unpaired) electrons. The minimum atomic E-state index is -1.53. The average Bonchev–Trinajstić information content (AvgIpc) is 3.31. The van der Waals surface area contributed by atoms with Crippen LogP contribution in [0.3, 0.4) is 0 Å². The molecule has 1 aliphatic heterocycles. The van der Waals surface area contributed by atoms with Crippen molar-refractivity contribution in [3.8, 4) is 0 Å². The van der Waals surface area contributed by atoms with E-state index in [1.54, 1.807) is 0 Å². The van der Waals surface area contributed by atoms with Crippen LogP contribution >= 0.6 is 0 Å². The SMILES string of the molecule is C[C@H](N)C(=O)N[C@@H](CC(N)=O)C(=O)N1CCC[C@H]1C(=O)N[C@@H](CC(N)=O)C(=O)N[C@@H](C)C(=O)N[C@@H](C)C(=O)O. The quantitative estimate of drug-likeness (QED) is 0.101. The zero-order chi connectivity index (χ0) is 30.0. The number of carboxylic acid groups (broad SMARTS) is 1. The molecular formula is C22H36N8O9. The molecule has 218 valence electrons. The summed E-state index contributed by atoms with van der Waals surface area (Å²) in [5.41, 5.74) is 15.9. The van der Waals surface area contributed by atoms with E-state index in [1.807, 2.05) is 0 Å². The first-order valence-corrected chi connectivity index (χ1v) is 12.1. The molecule has 17 heteroatoms. The highest BCUT2D eigenvalue weighted by atomic mass is 16.4. The minimum absolute atomic E-state index is 0.0892. The van der Waals surface area contributed by atoms with Crippen LogP contribution in [0.2, 0.25) is 0 Å². The Balaban J connectivity index is 3.01. The molecule has 0 saturated carbocycles. The van der Waals surface area contributed by atoms with E-state index >= 15 is 0 Å². The maximum absolute atomic E-state index is 13.2. The third-order valence-electron chi connectivity index (χ3n) is 5.79. The van der Waals surface area contributed by atoms with Crippen LogP contribution in [-0.2, 0) is 38.4 Å². The van der Waals surface area contributed by atoms with E-state index in [0.717, 1.165) is 4.90 Å². The normalized spacial score (nSPS) is 18.5. The van der Waals surface area contributed by atoms with Crippen molar-refractivity contribution >= 4 is 47.3 Å². The molecule has 39 heavy (non-hydrogen) atoms. The number of carbonyl (C=O) groups is 8. The lowest BCUT2D eigenvalue weighted by atomic mass is 10.1. The summed E-state index contributed by atoms with van der Waals surface area (Å²) in [7, 11) is 0. The smallest absolute Gasteiger partial charge is 0.325 e. The lowest BCUT2D eigenvalue weighted by Gasteiger charge is -2.29. The first-order valence-electron chi connectivity index (χ1n) is 12.1. The molecule has 1 heterocycles. The summed E-state index contributed by atoms with van der Waals surface area (Å²) in [4.78, 5) is 98.3. The third-order valence-corrected chi connectivity index (χ3v) is 5.79. The minimum Gasteiger partial charge on any atom is -0.480 e. The lowest BCUT2D eigenvalue weighted by molar-refractivity contribution is -0.143. The van der Waals surface area contributed by atoms with E-state index in [9.17, 15) is 38.4 Å². The largest absolute Gasteiger partial charge is 0.480 e. The highest BCUT2D eigenvalue weighted by molar-refractivity contribution is 5.98. The van der Waals surface area contributed by atoms with Crippen LogP contribution in [0.15, 0.2) is 0 Å². The fourth-order valence-electron chi connectivity index (χ4n) is 3.67. The van der Waals surface area contributed by atoms with E-state index in [4.69, 9.17) is 22.3 Å². The zero-order valence-electron chi connectivity index (χ0n) is 21.9. The van der Waals surface area contributed by atoms with Crippen molar-refractivity contribution in [1.29, 1.82) is 0 Å². The van der Waals surface area contributed by atoms with Gasteiger partial charge in [-0.15, -0.1) is 0 Å². The first-order chi connectivity index (χ1) is 18.0. The van der Waals surface area contributed by atoms with E-state index < -0.39 is 96.4 Å². The van der Waals surface area contributed by atoms with E-state index in [2.05, 4.69) is 21.3 Å². The summed E-state index contributed by atoms with van der Waals surface area (Å²) in [5, 5.41) is 18.0. The van der Waals surface area contributed by atoms with Crippen molar-refractivity contribution in [1.82, 2.24) is 26.2 Å². The molecule has 0 aromatic rings. The maximum atomic E-state index is 13.2. The fourth-order valence-corrected chi connectivity index (χ4v) is 3.67. The molecule has 0 aliphatic carbocycles. The summed E-state index contributed by atoms with van der Waals surface area (Å²) in [6, 6.07) is -7.50. The second-order valence-corrected chi connectivity index (χ2v) is 9.24. The van der Waals surface area contributed by atoms with Crippen LogP contribution in [-0.4, -0.2) is 100 Å². The Kier molecular flexibility index (Phi) is 12.3. The van der Waals surface area contributed by atoms with Gasteiger partial charge in [-0.25, -0.2) is 0 Å². The molecule has 1 fully saturated rings. The molecule has 11 N–H and O–H groups in total.